The van der Waals surface area contributed by atoms with Crippen molar-refractivity contribution >= 4 is 5.71 Å². The van der Waals surface area contributed by atoms with Crippen LogP contribution < -0.4 is 5.73 Å². The van der Waals surface area contributed by atoms with Gasteiger partial charge in [-0.3, -0.25) is 0 Å². The van der Waals surface area contributed by atoms with E-state index in [1.807, 2.05) is 30.3 Å². The molecule has 16 heavy (non-hydrogen) atoms. The van der Waals surface area contributed by atoms with Crippen molar-refractivity contribution in [3.8, 4) is 0 Å². The summed E-state index contributed by atoms with van der Waals surface area (Å²) >= 11 is 0. The zero-order valence-electron chi connectivity index (χ0n) is 8.78. The summed E-state index contributed by atoms with van der Waals surface area (Å²) in [4.78, 5) is 5.28. The fraction of sp³-hybridized carbons (Fsp3) is 0.417. The van der Waals surface area contributed by atoms with Gasteiger partial charge in [-0.05, 0) is 12.0 Å². The third kappa shape index (κ3) is 1.34. The largest absolute Gasteiger partial charge is 0.389 e. The Hall–Kier alpha value is -1.39. The van der Waals surface area contributed by atoms with Gasteiger partial charge in [-0.15, -0.1) is 0 Å². The second-order valence-corrected chi connectivity index (χ2v) is 4.41. The van der Waals surface area contributed by atoms with E-state index in [1.54, 1.807) is 0 Å². The van der Waals surface area contributed by atoms with Crippen LogP contribution in [0.15, 0.2) is 35.5 Å². The van der Waals surface area contributed by atoms with Crippen LogP contribution in [0.25, 0.3) is 0 Å². The van der Waals surface area contributed by atoms with Crippen molar-refractivity contribution in [2.45, 2.75) is 24.7 Å². The summed E-state index contributed by atoms with van der Waals surface area (Å²) < 4.78 is 0. The monoisotopic (exact) mass is 218 g/mol. The summed E-state index contributed by atoms with van der Waals surface area (Å²) in [6.45, 7) is 0. The molecule has 1 aliphatic heterocycles. The number of rotatable bonds is 1. The van der Waals surface area contributed by atoms with Crippen LogP contribution in [0.2, 0.25) is 0 Å². The summed E-state index contributed by atoms with van der Waals surface area (Å²) in [6.07, 6.45) is -0.170. The number of oxime groups is 1. The Labute approximate surface area is 93.7 Å². The minimum Gasteiger partial charge on any atom is -0.389 e. The molecule has 0 aromatic heterocycles. The first-order chi connectivity index (χ1) is 7.77. The lowest BCUT2D eigenvalue weighted by atomic mass is 9.92. The summed E-state index contributed by atoms with van der Waals surface area (Å²) in [6, 6.07) is 9.79. The highest BCUT2D eigenvalue weighted by atomic mass is 16.7. The third-order valence-corrected chi connectivity index (χ3v) is 3.37. The topological polar surface area (TPSA) is 67.8 Å². The Morgan fingerprint density at radius 1 is 1.31 bits per heavy atom. The molecule has 3 rings (SSSR count). The predicted octanol–water partition coefficient (Wildman–Crippen LogP) is 0.498. The van der Waals surface area contributed by atoms with Crippen LogP contribution in [0, 0.1) is 5.92 Å². The van der Waals surface area contributed by atoms with Crippen LogP contribution in [0.5, 0.6) is 0 Å². The summed E-state index contributed by atoms with van der Waals surface area (Å²) in [5, 5.41) is 13.8. The van der Waals surface area contributed by atoms with Crippen molar-refractivity contribution < 1.29 is 9.94 Å². The Balaban J connectivity index is 1.94. The maximum Gasteiger partial charge on any atom is 0.163 e. The van der Waals surface area contributed by atoms with E-state index in [9.17, 15) is 5.11 Å². The molecule has 1 heterocycles. The lowest BCUT2D eigenvalue weighted by molar-refractivity contribution is -0.0103. The van der Waals surface area contributed by atoms with E-state index in [4.69, 9.17) is 10.6 Å². The van der Waals surface area contributed by atoms with Gasteiger partial charge >= 0.3 is 0 Å². The number of hydrogen-bond donors (Lipinski definition) is 2. The molecular formula is C12H14N2O2. The highest BCUT2D eigenvalue weighted by molar-refractivity contribution is 6.03. The van der Waals surface area contributed by atoms with Crippen molar-refractivity contribution in [2.75, 3.05) is 0 Å². The standard InChI is InChI=1S/C12H14N2O2/c13-8-6-9(15)12-10(8)11(14-16-12)7-4-2-1-3-5-7/h1-5,8-10,12,15H,6,13H2. The van der Waals surface area contributed by atoms with Gasteiger partial charge in [0.1, 0.15) is 0 Å². The van der Waals surface area contributed by atoms with Crippen LogP contribution in [0.1, 0.15) is 12.0 Å². The van der Waals surface area contributed by atoms with Gasteiger partial charge in [-0.25, -0.2) is 0 Å². The lowest BCUT2D eigenvalue weighted by Crippen LogP contribution is -2.34. The number of nitrogens with two attached hydrogens (primary N) is 1. The van der Waals surface area contributed by atoms with Crippen LogP contribution in [-0.4, -0.2) is 29.1 Å². The highest BCUT2D eigenvalue weighted by Crippen LogP contribution is 2.35. The summed E-state index contributed by atoms with van der Waals surface area (Å²) in [5.41, 5.74) is 7.91. The third-order valence-electron chi connectivity index (χ3n) is 3.37. The van der Waals surface area contributed by atoms with Crippen LogP contribution >= 0.6 is 0 Å². The number of benzene rings is 1. The normalized spacial score (nSPS) is 36.8. The number of hydrogen-bond acceptors (Lipinski definition) is 4. The zero-order chi connectivity index (χ0) is 11.1. The van der Waals surface area contributed by atoms with E-state index in [1.165, 1.54) is 0 Å². The molecule has 4 atom stereocenters. The Morgan fingerprint density at radius 2 is 2.06 bits per heavy atom. The summed E-state index contributed by atoms with van der Waals surface area (Å²) in [7, 11) is 0. The van der Waals surface area contributed by atoms with Crippen LogP contribution in [0.3, 0.4) is 0 Å². The molecule has 1 saturated carbocycles. The van der Waals surface area contributed by atoms with Crippen molar-refractivity contribution in [3.05, 3.63) is 35.9 Å². The van der Waals surface area contributed by atoms with Gasteiger partial charge in [0, 0.05) is 6.04 Å². The van der Waals surface area contributed by atoms with E-state index < -0.39 is 6.10 Å². The fourth-order valence-corrected chi connectivity index (χ4v) is 2.57. The van der Waals surface area contributed by atoms with Crippen molar-refractivity contribution in [2.24, 2.45) is 16.8 Å². The van der Waals surface area contributed by atoms with E-state index in [-0.39, 0.29) is 18.1 Å². The van der Waals surface area contributed by atoms with E-state index in [0.29, 0.717) is 6.42 Å². The second-order valence-electron chi connectivity index (χ2n) is 4.41. The van der Waals surface area contributed by atoms with Gasteiger partial charge in [0.05, 0.1) is 17.7 Å². The molecule has 1 aliphatic carbocycles. The van der Waals surface area contributed by atoms with Gasteiger partial charge in [-0.2, -0.15) is 0 Å². The molecule has 1 aromatic carbocycles. The number of nitrogens with zero attached hydrogens (tertiary/aromatic N) is 1. The molecule has 0 radical (unpaired) electrons. The molecule has 1 fully saturated rings. The van der Waals surface area contributed by atoms with Crippen molar-refractivity contribution in [1.82, 2.24) is 0 Å². The quantitative estimate of drug-likeness (QED) is 0.721. The second kappa shape index (κ2) is 3.57. The Kier molecular flexibility index (Phi) is 2.19. The van der Waals surface area contributed by atoms with Gasteiger partial charge in [0.25, 0.3) is 0 Å². The molecule has 3 N–H and O–H groups in total. The zero-order valence-corrected chi connectivity index (χ0v) is 8.78. The first-order valence-electron chi connectivity index (χ1n) is 5.50. The first-order valence-corrected chi connectivity index (χ1v) is 5.50. The molecule has 0 amide bonds. The number of fused-ring (bicyclic) bond motifs is 1. The van der Waals surface area contributed by atoms with Gasteiger partial charge in [0.2, 0.25) is 0 Å². The Morgan fingerprint density at radius 3 is 2.81 bits per heavy atom. The van der Waals surface area contributed by atoms with Crippen molar-refractivity contribution in [1.29, 1.82) is 0 Å². The van der Waals surface area contributed by atoms with Crippen LogP contribution in [0.4, 0.5) is 0 Å². The SMILES string of the molecule is NC1CC(O)C2ON=C(c3ccccc3)C12. The van der Waals surface area contributed by atoms with E-state index >= 15 is 0 Å². The van der Waals surface area contributed by atoms with E-state index in [2.05, 4.69) is 5.16 Å². The average Bonchev–Trinajstić information content (AvgIpc) is 2.84. The highest BCUT2D eigenvalue weighted by Gasteiger charge is 2.49. The predicted molar refractivity (Wildman–Crippen MR) is 59.9 cm³/mol. The fourth-order valence-electron chi connectivity index (χ4n) is 2.57. The number of aliphatic hydroxyl groups is 1. The molecule has 84 valence electrons. The molecule has 4 unspecified atom stereocenters. The maximum atomic E-state index is 9.76. The average molecular weight is 218 g/mol. The Bertz CT molecular complexity index is 418. The molecule has 2 aliphatic rings. The van der Waals surface area contributed by atoms with Crippen molar-refractivity contribution in [3.63, 3.8) is 0 Å². The van der Waals surface area contributed by atoms with Gasteiger partial charge in [-0.1, -0.05) is 35.5 Å². The maximum absolute atomic E-state index is 9.76. The molecule has 0 bridgehead atoms. The smallest absolute Gasteiger partial charge is 0.163 e. The molecule has 4 nitrogen and oxygen atoms in total. The minimum atomic E-state index is -0.495. The molecule has 0 saturated heterocycles. The van der Waals surface area contributed by atoms with Gasteiger partial charge in [0.15, 0.2) is 6.10 Å². The minimum absolute atomic E-state index is 0.0254. The molecule has 0 spiro atoms. The number of aliphatic hydroxyl groups excluding tert-OH is 1. The molecular weight excluding hydrogens is 204 g/mol. The van der Waals surface area contributed by atoms with Crippen LogP contribution in [-0.2, 0) is 4.84 Å². The first kappa shape index (κ1) is 9.81. The molecule has 4 heteroatoms. The van der Waals surface area contributed by atoms with Gasteiger partial charge < -0.3 is 15.7 Å². The molecule has 1 aromatic rings. The lowest BCUT2D eigenvalue weighted by Gasteiger charge is -2.14. The van der Waals surface area contributed by atoms with E-state index in [0.717, 1.165) is 11.3 Å². The summed E-state index contributed by atoms with van der Waals surface area (Å²) in [5.74, 6) is 0.0254.